The molecule has 0 bridgehead atoms. The van der Waals surface area contributed by atoms with Gasteiger partial charge < -0.3 is 4.74 Å². The molecule has 1 aliphatic rings. The van der Waals surface area contributed by atoms with Crippen LogP contribution in [0.3, 0.4) is 0 Å². The van der Waals surface area contributed by atoms with Crippen LogP contribution in [0, 0.1) is 0 Å². The number of ether oxygens (including phenoxy) is 1. The third-order valence-corrected chi connectivity index (χ3v) is 4.23. The van der Waals surface area contributed by atoms with Gasteiger partial charge in [0.15, 0.2) is 0 Å². The smallest absolute Gasteiger partial charge is 0.120 e. The molecule has 0 aliphatic heterocycles. The maximum Gasteiger partial charge on any atom is 0.120 e. The van der Waals surface area contributed by atoms with Crippen molar-refractivity contribution in [3.63, 3.8) is 0 Å². The minimum atomic E-state index is 0.917. The predicted molar refractivity (Wildman–Crippen MR) is 74.8 cm³/mol. The summed E-state index contributed by atoms with van der Waals surface area (Å²) in [6.45, 7) is 0. The molecule has 3 rings (SSSR count). The Hall–Kier alpha value is -1.02. The van der Waals surface area contributed by atoms with E-state index in [2.05, 4.69) is 40.2 Å². The summed E-state index contributed by atoms with van der Waals surface area (Å²) in [5, 5.41) is 2.65. The average molecular weight is 291 g/mol. The quantitative estimate of drug-likeness (QED) is 0.752. The predicted octanol–water partition coefficient (Wildman–Crippen LogP) is 4.49. The lowest BCUT2D eigenvalue weighted by molar-refractivity contribution is 0.415. The van der Waals surface area contributed by atoms with Crippen LogP contribution in [0.15, 0.2) is 28.7 Å². The number of aryl methyl sites for hydroxylation is 2. The zero-order valence-corrected chi connectivity index (χ0v) is 11.5. The number of fused-ring (bicyclic) bond motifs is 3. The molecule has 17 heavy (non-hydrogen) atoms. The van der Waals surface area contributed by atoms with Crippen LogP contribution in [-0.2, 0) is 12.8 Å². The number of methoxy groups -OCH3 is 1. The van der Waals surface area contributed by atoms with Crippen LogP contribution in [0.2, 0.25) is 0 Å². The number of benzene rings is 2. The second-order valence-corrected chi connectivity index (χ2v) is 5.47. The van der Waals surface area contributed by atoms with E-state index in [-0.39, 0.29) is 0 Å². The van der Waals surface area contributed by atoms with Gasteiger partial charge >= 0.3 is 0 Å². The van der Waals surface area contributed by atoms with E-state index in [0.29, 0.717) is 0 Å². The van der Waals surface area contributed by atoms with E-state index in [4.69, 9.17) is 4.74 Å². The van der Waals surface area contributed by atoms with Gasteiger partial charge in [0.1, 0.15) is 5.75 Å². The first-order valence-electron chi connectivity index (χ1n) is 6.07. The molecule has 2 aromatic carbocycles. The minimum absolute atomic E-state index is 0.917. The second kappa shape index (κ2) is 4.34. The molecule has 0 unspecified atom stereocenters. The first-order valence-corrected chi connectivity index (χ1v) is 6.87. The number of rotatable bonds is 1. The monoisotopic (exact) mass is 290 g/mol. The lowest BCUT2D eigenvalue weighted by Gasteiger charge is -2.19. The van der Waals surface area contributed by atoms with Gasteiger partial charge in [-0.25, -0.2) is 0 Å². The van der Waals surface area contributed by atoms with Crippen molar-refractivity contribution in [1.82, 2.24) is 0 Å². The average Bonchev–Trinajstić information content (AvgIpc) is 2.37. The standard InChI is InChI=1S/C15H15BrO/c1-17-12-8-11-7-6-10-4-2-3-5-13(10)15(11)14(16)9-12/h6-9H,2-5H2,1H3. The SMILES string of the molecule is COc1cc(Br)c2c3c(ccc2c1)CCCC3. The van der Waals surface area contributed by atoms with Gasteiger partial charge in [-0.05, 0) is 59.7 Å². The van der Waals surface area contributed by atoms with Crippen molar-refractivity contribution in [2.45, 2.75) is 25.7 Å². The normalized spacial score (nSPS) is 14.7. The molecular formula is C15H15BrO. The molecule has 0 fully saturated rings. The highest BCUT2D eigenvalue weighted by Crippen LogP contribution is 2.36. The summed E-state index contributed by atoms with van der Waals surface area (Å²) in [6.07, 6.45) is 5.07. The molecule has 0 heterocycles. The Morgan fingerprint density at radius 1 is 1.12 bits per heavy atom. The Bertz CT molecular complexity index is 575. The molecule has 0 atom stereocenters. The third kappa shape index (κ3) is 1.85. The highest BCUT2D eigenvalue weighted by molar-refractivity contribution is 9.10. The molecule has 0 saturated carbocycles. The van der Waals surface area contributed by atoms with Crippen LogP contribution in [0.1, 0.15) is 24.0 Å². The van der Waals surface area contributed by atoms with E-state index in [1.807, 2.05) is 0 Å². The van der Waals surface area contributed by atoms with Crippen molar-refractivity contribution in [3.8, 4) is 5.75 Å². The van der Waals surface area contributed by atoms with Crippen molar-refractivity contribution >= 4 is 26.7 Å². The molecule has 0 amide bonds. The number of hydrogen-bond donors (Lipinski definition) is 0. The van der Waals surface area contributed by atoms with E-state index in [1.54, 1.807) is 7.11 Å². The van der Waals surface area contributed by atoms with Crippen molar-refractivity contribution < 1.29 is 4.74 Å². The van der Waals surface area contributed by atoms with Gasteiger partial charge in [0.25, 0.3) is 0 Å². The largest absolute Gasteiger partial charge is 0.497 e. The van der Waals surface area contributed by atoms with Crippen LogP contribution < -0.4 is 4.74 Å². The Balaban J connectivity index is 2.32. The maximum atomic E-state index is 5.32. The molecule has 1 aliphatic carbocycles. The van der Waals surface area contributed by atoms with E-state index in [9.17, 15) is 0 Å². The fraction of sp³-hybridized carbons (Fsp3) is 0.333. The van der Waals surface area contributed by atoms with Crippen molar-refractivity contribution in [3.05, 3.63) is 39.9 Å². The van der Waals surface area contributed by atoms with Crippen LogP contribution >= 0.6 is 15.9 Å². The van der Waals surface area contributed by atoms with Gasteiger partial charge in [0, 0.05) is 4.47 Å². The molecule has 0 spiro atoms. The maximum absolute atomic E-state index is 5.32. The molecule has 0 N–H and O–H groups in total. The zero-order valence-electron chi connectivity index (χ0n) is 9.92. The lowest BCUT2D eigenvalue weighted by atomic mass is 9.88. The van der Waals surface area contributed by atoms with Crippen molar-refractivity contribution in [2.24, 2.45) is 0 Å². The summed E-state index contributed by atoms with van der Waals surface area (Å²) in [6, 6.07) is 8.68. The molecular weight excluding hydrogens is 276 g/mol. The highest BCUT2D eigenvalue weighted by Gasteiger charge is 2.14. The Labute approximate surface area is 110 Å². The van der Waals surface area contributed by atoms with Gasteiger partial charge in [0.05, 0.1) is 7.11 Å². The topological polar surface area (TPSA) is 9.23 Å². The number of hydrogen-bond acceptors (Lipinski definition) is 1. The Morgan fingerprint density at radius 2 is 1.94 bits per heavy atom. The van der Waals surface area contributed by atoms with Crippen molar-refractivity contribution in [1.29, 1.82) is 0 Å². The first-order chi connectivity index (χ1) is 8.29. The summed E-state index contributed by atoms with van der Waals surface area (Å²) in [4.78, 5) is 0. The molecule has 2 aromatic rings. The first kappa shape index (κ1) is 11.1. The van der Waals surface area contributed by atoms with Crippen LogP contribution in [-0.4, -0.2) is 7.11 Å². The number of halogens is 1. The van der Waals surface area contributed by atoms with E-state index < -0.39 is 0 Å². The summed E-state index contributed by atoms with van der Waals surface area (Å²) < 4.78 is 6.48. The summed E-state index contributed by atoms with van der Waals surface area (Å²) in [7, 11) is 1.71. The van der Waals surface area contributed by atoms with E-state index >= 15 is 0 Å². The van der Waals surface area contributed by atoms with Gasteiger partial charge in [-0.2, -0.15) is 0 Å². The molecule has 1 nitrogen and oxygen atoms in total. The fourth-order valence-electron chi connectivity index (χ4n) is 2.76. The Morgan fingerprint density at radius 3 is 2.76 bits per heavy atom. The molecule has 2 heteroatoms. The zero-order chi connectivity index (χ0) is 11.8. The van der Waals surface area contributed by atoms with Crippen LogP contribution in [0.4, 0.5) is 0 Å². The summed E-state index contributed by atoms with van der Waals surface area (Å²) >= 11 is 3.69. The summed E-state index contributed by atoms with van der Waals surface area (Å²) in [5.74, 6) is 0.917. The highest BCUT2D eigenvalue weighted by atomic mass is 79.9. The van der Waals surface area contributed by atoms with Crippen LogP contribution in [0.5, 0.6) is 5.75 Å². The van der Waals surface area contributed by atoms with Gasteiger partial charge in [-0.3, -0.25) is 0 Å². The molecule has 0 saturated heterocycles. The fourth-order valence-corrected chi connectivity index (χ4v) is 3.45. The third-order valence-electron chi connectivity index (χ3n) is 3.61. The van der Waals surface area contributed by atoms with Gasteiger partial charge in [-0.15, -0.1) is 0 Å². The minimum Gasteiger partial charge on any atom is -0.497 e. The lowest BCUT2D eigenvalue weighted by Crippen LogP contribution is -2.03. The van der Waals surface area contributed by atoms with Gasteiger partial charge in [-0.1, -0.05) is 28.1 Å². The van der Waals surface area contributed by atoms with Crippen LogP contribution in [0.25, 0.3) is 10.8 Å². The Kier molecular flexibility index (Phi) is 2.83. The van der Waals surface area contributed by atoms with E-state index in [0.717, 1.165) is 10.2 Å². The molecule has 0 radical (unpaired) electrons. The van der Waals surface area contributed by atoms with Gasteiger partial charge in [0.2, 0.25) is 0 Å². The molecule has 88 valence electrons. The second-order valence-electron chi connectivity index (χ2n) is 4.62. The summed E-state index contributed by atoms with van der Waals surface area (Å²) in [5.41, 5.74) is 3.05. The van der Waals surface area contributed by atoms with E-state index in [1.165, 1.54) is 47.6 Å². The molecule has 0 aromatic heterocycles. The van der Waals surface area contributed by atoms with Crippen molar-refractivity contribution in [2.75, 3.05) is 7.11 Å².